The van der Waals surface area contributed by atoms with Crippen LogP contribution in [0.4, 0.5) is 0 Å². The first-order valence-electron chi connectivity index (χ1n) is 15.0. The fourth-order valence-electron chi connectivity index (χ4n) is 9.22. The van der Waals surface area contributed by atoms with Crippen LogP contribution < -0.4 is 13.9 Å². The number of rotatable bonds is 0. The highest BCUT2D eigenvalue weighted by Crippen LogP contribution is 2.59. The molecule has 44 heavy (non-hydrogen) atoms. The molecule has 0 saturated heterocycles. The van der Waals surface area contributed by atoms with Gasteiger partial charge in [-0.15, -0.1) is 9.13 Å². The molecule has 0 amide bonds. The fourth-order valence-corrected chi connectivity index (χ4v) is 9.22. The van der Waals surface area contributed by atoms with Crippen molar-refractivity contribution in [1.29, 1.82) is 0 Å². The molecule has 0 saturated carbocycles. The van der Waals surface area contributed by atoms with Crippen molar-refractivity contribution in [2.24, 2.45) is 0 Å². The van der Waals surface area contributed by atoms with Gasteiger partial charge in [-0.1, -0.05) is 36.4 Å². The molecule has 0 aliphatic carbocycles. The van der Waals surface area contributed by atoms with Crippen molar-refractivity contribution in [3.63, 3.8) is 0 Å². The molecule has 3 aliphatic rings. The molecule has 1 spiro atoms. The third-order valence-corrected chi connectivity index (χ3v) is 10.6. The maximum Gasteiger partial charge on any atom is 0.425 e. The summed E-state index contributed by atoms with van der Waals surface area (Å²) in [6.45, 7) is 0. The zero-order valence-electron chi connectivity index (χ0n) is 23.0. The van der Waals surface area contributed by atoms with E-state index in [1.807, 2.05) is 12.1 Å². The van der Waals surface area contributed by atoms with Gasteiger partial charge in [-0.25, -0.2) is 0 Å². The zero-order chi connectivity index (χ0) is 28.1. The Bertz CT molecular complexity index is 2880. The largest absolute Gasteiger partial charge is 0.456 e. The van der Waals surface area contributed by atoms with Crippen LogP contribution in [0.1, 0.15) is 11.1 Å². The summed E-state index contributed by atoms with van der Waals surface area (Å²) in [5.74, 6) is 1.77. The lowest BCUT2D eigenvalue weighted by Crippen LogP contribution is -2.72. The van der Waals surface area contributed by atoms with Crippen molar-refractivity contribution in [3.05, 3.63) is 121 Å². The monoisotopic (exact) mass is 562 g/mol. The fraction of sp³-hybridized carbons (Fsp3) is 0.0256. The van der Waals surface area contributed by atoms with Crippen molar-refractivity contribution >= 4 is 87.2 Å². The Kier molecular flexibility index (Phi) is 3.01. The summed E-state index contributed by atoms with van der Waals surface area (Å²) in [5, 5.41) is 11.6. The number of hydrogen-bond donors (Lipinski definition) is 0. The highest BCUT2D eigenvalue weighted by atomic mass is 16.5. The van der Waals surface area contributed by atoms with Gasteiger partial charge in [0.05, 0.1) is 21.5 Å². The van der Waals surface area contributed by atoms with Gasteiger partial charge in [0, 0.05) is 44.5 Å². The van der Waals surface area contributed by atoms with Crippen LogP contribution >= 0.6 is 0 Å². The molecule has 0 fully saturated rings. The van der Waals surface area contributed by atoms with E-state index in [1.165, 1.54) is 43.7 Å². The van der Waals surface area contributed by atoms with Crippen LogP contribution in [0, 0.1) is 0 Å². The molecule has 0 bridgehead atoms. The van der Waals surface area contributed by atoms with Crippen LogP contribution in [0.5, 0.6) is 11.5 Å². The number of pyridine rings is 2. The van der Waals surface area contributed by atoms with Gasteiger partial charge < -0.3 is 13.6 Å². The third-order valence-electron chi connectivity index (χ3n) is 10.6. The van der Waals surface area contributed by atoms with E-state index in [4.69, 9.17) is 13.6 Å². The smallest absolute Gasteiger partial charge is 0.425 e. The summed E-state index contributed by atoms with van der Waals surface area (Å²) >= 11 is 0. The number of ether oxygens (including phenoxy) is 1. The van der Waals surface area contributed by atoms with E-state index in [-0.39, 0.29) is 0 Å². The Balaban J connectivity index is 1.34. The minimum Gasteiger partial charge on any atom is -0.456 e. The molecule has 200 valence electrons. The molecule has 0 atom stereocenters. The van der Waals surface area contributed by atoms with Gasteiger partial charge in [-0.2, -0.15) is 0 Å². The van der Waals surface area contributed by atoms with Crippen molar-refractivity contribution in [3.8, 4) is 11.5 Å². The summed E-state index contributed by atoms with van der Waals surface area (Å²) in [5.41, 5.74) is 7.77. The summed E-state index contributed by atoms with van der Waals surface area (Å²) in [7, 11) is 0. The predicted octanol–water partition coefficient (Wildman–Crippen LogP) is 8.70. The van der Waals surface area contributed by atoms with E-state index in [0.717, 1.165) is 66.1 Å². The summed E-state index contributed by atoms with van der Waals surface area (Å²) in [4.78, 5) is 0. The Hall–Kier alpha value is -5.94. The van der Waals surface area contributed by atoms with Gasteiger partial charge in [0.15, 0.2) is 23.5 Å². The Morgan fingerprint density at radius 2 is 0.909 bits per heavy atom. The van der Waals surface area contributed by atoms with Gasteiger partial charge in [0.2, 0.25) is 11.0 Å². The summed E-state index contributed by atoms with van der Waals surface area (Å²) < 4.78 is 25.2. The first-order valence-corrected chi connectivity index (χ1v) is 15.0. The number of aromatic nitrogens is 2. The lowest BCUT2D eigenvalue weighted by atomic mass is 9.85. The number of furan rings is 2. The highest BCUT2D eigenvalue weighted by Gasteiger charge is 2.69. The molecule has 0 radical (unpaired) electrons. The number of fused-ring (bicyclic) bond motifs is 10. The van der Waals surface area contributed by atoms with E-state index >= 15 is 0 Å². The molecule has 5 heteroatoms. The van der Waals surface area contributed by atoms with E-state index in [9.17, 15) is 0 Å². The average molecular weight is 563 g/mol. The second-order valence-electron chi connectivity index (χ2n) is 12.4. The minimum atomic E-state index is -0.658. The molecule has 5 nitrogen and oxygen atoms in total. The van der Waals surface area contributed by atoms with Gasteiger partial charge >= 0.3 is 5.66 Å². The number of hydrogen-bond acceptors (Lipinski definition) is 3. The molecule has 10 aromatic rings. The second kappa shape index (κ2) is 6.36. The molecule has 3 aliphatic heterocycles. The van der Waals surface area contributed by atoms with Gasteiger partial charge in [-0.3, -0.25) is 0 Å². The topological polar surface area (TPSA) is 43.3 Å². The second-order valence-corrected chi connectivity index (χ2v) is 12.4. The average Bonchev–Trinajstić information content (AvgIpc) is 3.81. The van der Waals surface area contributed by atoms with Crippen LogP contribution in [0.15, 0.2) is 118 Å². The molecular formula is C39H18N2O3+2. The van der Waals surface area contributed by atoms with E-state index in [2.05, 4.69) is 106 Å². The first kappa shape index (κ1) is 20.9. The Labute approximate surface area is 247 Å². The maximum absolute atomic E-state index is 6.86. The first-order chi connectivity index (χ1) is 21.8. The Morgan fingerprint density at radius 3 is 1.43 bits per heavy atom. The van der Waals surface area contributed by atoms with Gasteiger partial charge in [-0.05, 0) is 48.5 Å². The summed E-state index contributed by atoms with van der Waals surface area (Å²) in [6.07, 6.45) is 4.51. The SMILES string of the molecule is c1ccc2c(c1)oc1c3ccc4c5c3c3c(ccc[n+]3C53c5c(ccc6c7oc8ccccc8c7c7ccc[n+]3c7c56)O4)c21. The van der Waals surface area contributed by atoms with Crippen LogP contribution in [-0.2, 0) is 5.66 Å². The highest BCUT2D eigenvalue weighted by molar-refractivity contribution is 6.32. The van der Waals surface area contributed by atoms with E-state index < -0.39 is 5.66 Å². The van der Waals surface area contributed by atoms with E-state index in [1.54, 1.807) is 0 Å². The number of benzene rings is 6. The van der Waals surface area contributed by atoms with Crippen LogP contribution in [0.2, 0.25) is 0 Å². The van der Waals surface area contributed by atoms with E-state index in [0.29, 0.717) is 0 Å². The van der Waals surface area contributed by atoms with Crippen LogP contribution in [0.25, 0.3) is 87.2 Å². The van der Waals surface area contributed by atoms with Crippen molar-refractivity contribution in [2.45, 2.75) is 5.66 Å². The lowest BCUT2D eigenvalue weighted by Gasteiger charge is -2.26. The van der Waals surface area contributed by atoms with Crippen molar-refractivity contribution < 1.29 is 22.7 Å². The van der Waals surface area contributed by atoms with Gasteiger partial charge in [0.1, 0.15) is 33.8 Å². The third kappa shape index (κ3) is 1.87. The number of para-hydroxylation sites is 2. The quantitative estimate of drug-likeness (QED) is 0.137. The van der Waals surface area contributed by atoms with Crippen LogP contribution in [0.3, 0.4) is 0 Å². The molecule has 6 aromatic carbocycles. The Morgan fingerprint density at radius 1 is 0.432 bits per heavy atom. The summed E-state index contributed by atoms with van der Waals surface area (Å²) in [6, 6.07) is 34.3. The minimum absolute atomic E-state index is 0.658. The molecule has 13 rings (SSSR count). The maximum atomic E-state index is 6.86. The molecule has 4 aromatic heterocycles. The molecular weight excluding hydrogens is 544 g/mol. The molecule has 0 unspecified atom stereocenters. The molecule has 0 N–H and O–H groups in total. The molecule has 7 heterocycles. The zero-order valence-corrected chi connectivity index (χ0v) is 23.0. The lowest BCUT2D eigenvalue weighted by molar-refractivity contribution is -0.945. The van der Waals surface area contributed by atoms with Crippen LogP contribution in [-0.4, -0.2) is 0 Å². The van der Waals surface area contributed by atoms with Crippen molar-refractivity contribution in [2.75, 3.05) is 0 Å². The standard InChI is InChI=1S/C39H18N2O3/c1-3-11-25-19(7-1)29-21-9-5-17-40-35(21)31-23(37(29)43-25)13-15-27-33(31)39(40)34-28(42-27)16-14-24-32(34)36-22(10-6-18-41(36)39)30-20-8-2-4-12-26(20)44-38(24)30/h1-18H/q+2. The van der Waals surface area contributed by atoms with Crippen molar-refractivity contribution in [1.82, 2.24) is 0 Å². The predicted molar refractivity (Wildman–Crippen MR) is 170 cm³/mol. The normalized spacial score (nSPS) is 15.2. The van der Waals surface area contributed by atoms with Gasteiger partial charge in [0.25, 0.3) is 0 Å². The number of nitrogens with zero attached hydrogens (tertiary/aromatic N) is 2.